The van der Waals surface area contributed by atoms with Gasteiger partial charge in [-0.05, 0) is 57.9 Å². The van der Waals surface area contributed by atoms with Crippen molar-refractivity contribution < 1.29 is 18.5 Å². The van der Waals surface area contributed by atoms with Gasteiger partial charge in [-0.2, -0.15) is 4.98 Å². The highest BCUT2D eigenvalue weighted by Crippen LogP contribution is 2.24. The first-order chi connectivity index (χ1) is 18.6. The monoisotopic (exact) mass is 536 g/mol. The van der Waals surface area contributed by atoms with E-state index >= 15 is 0 Å². The van der Waals surface area contributed by atoms with E-state index < -0.39 is 5.82 Å². The van der Waals surface area contributed by atoms with Crippen LogP contribution in [0.3, 0.4) is 0 Å². The number of hydrogen-bond donors (Lipinski definition) is 1. The third kappa shape index (κ3) is 9.55. The quantitative estimate of drug-likeness (QED) is 0.113. The maximum absolute atomic E-state index is 13.9. The summed E-state index contributed by atoms with van der Waals surface area (Å²) in [5, 5.41) is 11.3. The van der Waals surface area contributed by atoms with E-state index in [9.17, 15) is 9.18 Å². The van der Waals surface area contributed by atoms with Crippen molar-refractivity contribution in [2.24, 2.45) is 11.1 Å². The normalized spacial score (nSPS) is 12.9. The van der Waals surface area contributed by atoms with Crippen LogP contribution in [0.5, 0.6) is 0 Å². The van der Waals surface area contributed by atoms with Crippen LogP contribution < -0.4 is 5.32 Å². The summed E-state index contributed by atoms with van der Waals surface area (Å²) < 4.78 is 19.1. The van der Waals surface area contributed by atoms with Gasteiger partial charge in [0.1, 0.15) is 11.6 Å². The van der Waals surface area contributed by atoms with E-state index in [-0.39, 0.29) is 17.4 Å². The molecule has 0 fully saturated rings. The van der Waals surface area contributed by atoms with Gasteiger partial charge >= 0.3 is 0 Å². The molecule has 2 aromatic carbocycles. The average Bonchev–Trinajstić information content (AvgIpc) is 3.45. The predicted molar refractivity (Wildman–Crippen MR) is 154 cm³/mol. The molecule has 1 heterocycles. The topological polar surface area (TPSA) is 89.6 Å². The summed E-state index contributed by atoms with van der Waals surface area (Å²) in [5.41, 5.74) is 3.05. The number of rotatable bonds is 12. The molecular weight excluding hydrogens is 495 g/mol. The Kier molecular flexibility index (Phi) is 12.7. The fraction of sp³-hybridized carbons (Fsp3) is 0.419. The molecular formula is C31H41FN4O3. The molecule has 210 valence electrons. The number of hydrogen-bond acceptors (Lipinski definition) is 7. The molecule has 8 heteroatoms. The molecule has 7 nitrogen and oxygen atoms in total. The van der Waals surface area contributed by atoms with Gasteiger partial charge in [0.2, 0.25) is 11.7 Å². The number of carbonyl (C=O) groups is 1. The summed E-state index contributed by atoms with van der Waals surface area (Å²) in [7, 11) is 1.98. The molecule has 2 unspecified atom stereocenters. The molecule has 39 heavy (non-hydrogen) atoms. The number of aldehydes is 1. The summed E-state index contributed by atoms with van der Waals surface area (Å²) in [4.78, 5) is 20.8. The second-order valence-electron chi connectivity index (χ2n) is 9.80. The van der Waals surface area contributed by atoms with Crippen LogP contribution >= 0.6 is 0 Å². The molecule has 0 amide bonds. The number of carbonyl (C=O) groups excluding carboxylic acids is 1. The minimum Gasteiger partial charge on any atom is -0.362 e. The van der Waals surface area contributed by atoms with Crippen LogP contribution in [0, 0.1) is 11.7 Å². The Labute approximate surface area is 231 Å². The van der Waals surface area contributed by atoms with Crippen LogP contribution in [0.1, 0.15) is 87.7 Å². The molecule has 2 atom stereocenters. The summed E-state index contributed by atoms with van der Waals surface area (Å²) in [6.07, 6.45) is 3.25. The molecule has 0 aliphatic heterocycles. The first kappa shape index (κ1) is 31.6. The molecule has 3 aromatic rings. The zero-order valence-corrected chi connectivity index (χ0v) is 24.1. The van der Waals surface area contributed by atoms with Gasteiger partial charge in [-0.3, -0.25) is 4.79 Å². The van der Waals surface area contributed by atoms with Crippen LogP contribution in [0.25, 0.3) is 11.4 Å². The third-order valence-corrected chi connectivity index (χ3v) is 6.53. The maximum Gasteiger partial charge on any atom is 0.229 e. The standard InChI is InChI=1S/C26H28FN3O3.C5H13N/c1-6-20(18(5)32-29-17(4)22-11-12-23(15-31)24(27)14-22)13-19-7-9-21(10-8-19)25-28-26(16(2)3)33-30-25;1-4-5(2)6-3/h7-12,14-16,20H,5-6,13H2,1-4H3;5-6H,4H2,1-3H3/b29-17+;. The third-order valence-electron chi connectivity index (χ3n) is 6.53. The minimum absolute atomic E-state index is 0.00800. The SMILES string of the molecule is C=C(O/N=C(\C)c1ccc(C=O)c(F)c1)C(CC)Cc1ccc(-c2noc(C(C)C)n2)cc1.CCC(C)NC. The molecule has 1 N–H and O–H groups in total. The number of aromatic nitrogens is 2. The highest BCUT2D eigenvalue weighted by Gasteiger charge is 2.16. The van der Waals surface area contributed by atoms with Gasteiger partial charge in [0, 0.05) is 29.0 Å². The van der Waals surface area contributed by atoms with E-state index in [4.69, 9.17) is 9.36 Å². The highest BCUT2D eigenvalue weighted by atomic mass is 19.1. The Bertz CT molecular complexity index is 1230. The molecule has 0 aliphatic rings. The Balaban J connectivity index is 0.000000798. The molecule has 3 rings (SSSR count). The second-order valence-corrected chi connectivity index (χ2v) is 9.80. The van der Waals surface area contributed by atoms with Crippen LogP contribution in [-0.4, -0.2) is 35.2 Å². The average molecular weight is 537 g/mol. The van der Waals surface area contributed by atoms with Crippen molar-refractivity contribution in [2.75, 3.05) is 7.05 Å². The van der Waals surface area contributed by atoms with E-state index in [0.717, 1.165) is 24.0 Å². The Morgan fingerprint density at radius 2 is 1.85 bits per heavy atom. The molecule has 0 saturated heterocycles. The lowest BCUT2D eigenvalue weighted by Crippen LogP contribution is -2.19. The van der Waals surface area contributed by atoms with Crippen LogP contribution in [0.4, 0.5) is 4.39 Å². The maximum atomic E-state index is 13.9. The van der Waals surface area contributed by atoms with Gasteiger partial charge in [-0.25, -0.2) is 4.39 Å². The summed E-state index contributed by atoms with van der Waals surface area (Å²) in [5.74, 6) is 1.37. The summed E-state index contributed by atoms with van der Waals surface area (Å²) in [6, 6.07) is 13.0. The zero-order chi connectivity index (χ0) is 28.9. The van der Waals surface area contributed by atoms with Gasteiger partial charge in [0.25, 0.3) is 0 Å². The van der Waals surface area contributed by atoms with E-state index in [0.29, 0.717) is 41.1 Å². The summed E-state index contributed by atoms with van der Waals surface area (Å²) >= 11 is 0. The van der Waals surface area contributed by atoms with E-state index in [1.54, 1.807) is 13.0 Å². The van der Waals surface area contributed by atoms with Crippen molar-refractivity contribution in [3.63, 3.8) is 0 Å². The number of oxime groups is 1. The molecule has 0 spiro atoms. The first-order valence-electron chi connectivity index (χ1n) is 13.4. The summed E-state index contributed by atoms with van der Waals surface area (Å²) in [6.45, 7) is 16.2. The van der Waals surface area contributed by atoms with Crippen molar-refractivity contribution in [1.82, 2.24) is 15.5 Å². The van der Waals surface area contributed by atoms with Crippen molar-refractivity contribution >= 4 is 12.0 Å². The number of benzene rings is 2. The highest BCUT2D eigenvalue weighted by molar-refractivity contribution is 5.98. The smallest absolute Gasteiger partial charge is 0.229 e. The second kappa shape index (κ2) is 15.7. The fourth-order valence-corrected chi connectivity index (χ4v) is 3.45. The van der Waals surface area contributed by atoms with E-state index in [2.05, 4.69) is 48.0 Å². The largest absolute Gasteiger partial charge is 0.362 e. The van der Waals surface area contributed by atoms with Crippen molar-refractivity contribution in [1.29, 1.82) is 0 Å². The van der Waals surface area contributed by atoms with Crippen LogP contribution in [-0.2, 0) is 11.3 Å². The Morgan fingerprint density at radius 1 is 1.15 bits per heavy atom. The van der Waals surface area contributed by atoms with Crippen molar-refractivity contribution in [3.05, 3.63) is 83.2 Å². The molecule has 0 aliphatic carbocycles. The molecule has 1 aromatic heterocycles. The van der Waals surface area contributed by atoms with Crippen molar-refractivity contribution in [2.45, 2.75) is 72.8 Å². The Morgan fingerprint density at radius 3 is 2.33 bits per heavy atom. The van der Waals surface area contributed by atoms with E-state index in [1.165, 1.54) is 18.6 Å². The van der Waals surface area contributed by atoms with Crippen molar-refractivity contribution in [3.8, 4) is 11.4 Å². The number of nitrogens with one attached hydrogen (secondary N) is 1. The number of halogens is 1. The molecule has 0 radical (unpaired) electrons. The van der Waals surface area contributed by atoms with Gasteiger partial charge < -0.3 is 14.7 Å². The molecule has 0 saturated carbocycles. The van der Waals surface area contributed by atoms with E-state index in [1.807, 2.05) is 45.2 Å². The lowest BCUT2D eigenvalue weighted by atomic mass is 9.95. The minimum atomic E-state index is -0.591. The number of nitrogens with zero attached hydrogens (tertiary/aromatic N) is 3. The lowest BCUT2D eigenvalue weighted by molar-refractivity contribution is 0.112. The van der Waals surface area contributed by atoms with Gasteiger partial charge in [0.05, 0.1) is 11.3 Å². The fourth-order valence-electron chi connectivity index (χ4n) is 3.45. The van der Waals surface area contributed by atoms with Gasteiger partial charge in [0.15, 0.2) is 6.29 Å². The Hall–Kier alpha value is -3.65. The predicted octanol–water partition coefficient (Wildman–Crippen LogP) is 7.34. The lowest BCUT2D eigenvalue weighted by Gasteiger charge is -2.16. The van der Waals surface area contributed by atoms with Crippen LogP contribution in [0.2, 0.25) is 0 Å². The first-order valence-corrected chi connectivity index (χ1v) is 13.4. The van der Waals surface area contributed by atoms with Gasteiger partial charge in [-0.15, -0.1) is 0 Å². The molecule has 0 bridgehead atoms. The number of allylic oxidation sites excluding steroid dienone is 1. The zero-order valence-electron chi connectivity index (χ0n) is 24.1. The van der Waals surface area contributed by atoms with Gasteiger partial charge in [-0.1, -0.05) is 74.9 Å². The van der Waals surface area contributed by atoms with Crippen LogP contribution in [0.15, 0.2) is 64.5 Å².